The number of ether oxygens (including phenoxy) is 1. The predicted octanol–water partition coefficient (Wildman–Crippen LogP) is 2.34. The first-order chi connectivity index (χ1) is 8.41. The van der Waals surface area contributed by atoms with Crippen LogP contribution < -0.4 is 0 Å². The average Bonchev–Trinajstić information content (AvgIpc) is 2.99. The van der Waals surface area contributed by atoms with Crippen molar-refractivity contribution in [3.8, 4) is 0 Å². The van der Waals surface area contributed by atoms with Gasteiger partial charge in [-0.2, -0.15) is 18.3 Å². The van der Waals surface area contributed by atoms with Crippen molar-refractivity contribution in [3.05, 3.63) is 17.5 Å². The lowest BCUT2D eigenvalue weighted by Gasteiger charge is -2.05. The van der Waals surface area contributed by atoms with Crippen molar-refractivity contribution in [1.29, 1.82) is 0 Å². The largest absolute Gasteiger partial charge is 0.465 e. The second-order valence-electron chi connectivity index (χ2n) is 4.19. The molecule has 18 heavy (non-hydrogen) atoms. The van der Waals surface area contributed by atoms with E-state index in [9.17, 15) is 18.0 Å². The predicted molar refractivity (Wildman–Crippen MR) is 55.8 cm³/mol. The summed E-state index contributed by atoms with van der Waals surface area (Å²) in [6, 6.07) is 1.02. The van der Waals surface area contributed by atoms with Gasteiger partial charge in [-0.05, 0) is 25.8 Å². The Bertz CT molecular complexity index is 450. The molecule has 0 aliphatic heterocycles. The van der Waals surface area contributed by atoms with Gasteiger partial charge in [0, 0.05) is 11.6 Å². The summed E-state index contributed by atoms with van der Waals surface area (Å²) < 4.78 is 43.5. The van der Waals surface area contributed by atoms with Crippen LogP contribution in [-0.4, -0.2) is 22.4 Å². The van der Waals surface area contributed by atoms with Crippen molar-refractivity contribution >= 4 is 5.97 Å². The Hall–Kier alpha value is -1.53. The first kappa shape index (κ1) is 12.9. The number of alkyl halides is 3. The normalized spacial score (nSPS) is 15.8. The minimum Gasteiger partial charge on any atom is -0.465 e. The zero-order valence-electron chi connectivity index (χ0n) is 9.83. The van der Waals surface area contributed by atoms with Crippen LogP contribution in [0, 0.1) is 0 Å². The third-order valence-corrected chi connectivity index (χ3v) is 2.68. The minimum atomic E-state index is -4.48. The van der Waals surface area contributed by atoms with E-state index in [0.29, 0.717) is 5.69 Å². The van der Waals surface area contributed by atoms with E-state index in [4.69, 9.17) is 4.74 Å². The van der Waals surface area contributed by atoms with Crippen LogP contribution in [0.4, 0.5) is 13.2 Å². The molecule has 0 unspecified atom stereocenters. The molecule has 1 saturated carbocycles. The van der Waals surface area contributed by atoms with E-state index in [2.05, 4.69) is 5.10 Å². The molecule has 1 fully saturated rings. The Morgan fingerprint density at radius 2 is 2.22 bits per heavy atom. The number of nitrogens with zero attached hydrogens (tertiary/aromatic N) is 2. The maximum atomic E-state index is 12.6. The smallest absolute Gasteiger partial charge is 0.435 e. The van der Waals surface area contributed by atoms with Gasteiger partial charge in [0.25, 0.3) is 0 Å². The second kappa shape index (κ2) is 4.62. The van der Waals surface area contributed by atoms with Gasteiger partial charge in [-0.25, -0.2) is 0 Å². The highest BCUT2D eigenvalue weighted by Gasteiger charge is 2.38. The van der Waals surface area contributed by atoms with E-state index >= 15 is 0 Å². The summed E-state index contributed by atoms with van der Waals surface area (Å²) in [4.78, 5) is 11.3. The van der Waals surface area contributed by atoms with Crippen LogP contribution in [0.2, 0.25) is 0 Å². The molecule has 7 heteroatoms. The molecule has 0 radical (unpaired) electrons. The lowest BCUT2D eigenvalue weighted by molar-refractivity contribution is -0.146. The van der Waals surface area contributed by atoms with Gasteiger partial charge in [0.2, 0.25) is 0 Å². The molecular formula is C11H13F3N2O2. The lowest BCUT2D eigenvalue weighted by Crippen LogP contribution is -2.17. The fourth-order valence-electron chi connectivity index (χ4n) is 1.73. The topological polar surface area (TPSA) is 44.1 Å². The summed E-state index contributed by atoms with van der Waals surface area (Å²) >= 11 is 0. The van der Waals surface area contributed by atoms with Gasteiger partial charge >= 0.3 is 12.1 Å². The molecule has 0 aromatic carbocycles. The number of hydrogen-bond acceptors (Lipinski definition) is 3. The van der Waals surface area contributed by atoms with Gasteiger partial charge in [0.05, 0.1) is 6.61 Å². The highest BCUT2D eigenvalue weighted by atomic mass is 19.4. The summed E-state index contributed by atoms with van der Waals surface area (Å²) in [5.41, 5.74) is -0.482. The van der Waals surface area contributed by atoms with E-state index in [1.165, 1.54) is 0 Å². The number of halogens is 3. The maximum Gasteiger partial charge on any atom is 0.435 e. The molecule has 0 spiro atoms. The van der Waals surface area contributed by atoms with Crippen molar-refractivity contribution < 1.29 is 22.7 Å². The minimum absolute atomic E-state index is 0.0861. The maximum absolute atomic E-state index is 12.6. The number of carbonyl (C=O) groups is 1. The van der Waals surface area contributed by atoms with Gasteiger partial charge in [-0.1, -0.05) is 0 Å². The average molecular weight is 262 g/mol. The van der Waals surface area contributed by atoms with E-state index in [-0.39, 0.29) is 19.1 Å². The molecule has 4 nitrogen and oxygen atoms in total. The zero-order valence-corrected chi connectivity index (χ0v) is 9.83. The van der Waals surface area contributed by atoms with Crippen LogP contribution in [0.3, 0.4) is 0 Å². The standard InChI is InChI=1S/C11H13F3N2O2/c1-2-18-10(17)6-16-8(7-3-4-7)5-9(15-16)11(12,13)14/h5,7H,2-4,6H2,1H3. The van der Waals surface area contributed by atoms with Crippen LogP contribution in [0.25, 0.3) is 0 Å². The molecule has 2 rings (SSSR count). The summed E-state index contributed by atoms with van der Waals surface area (Å²) in [6.07, 6.45) is -2.80. The molecular weight excluding hydrogens is 249 g/mol. The molecule has 1 aromatic rings. The summed E-state index contributed by atoms with van der Waals surface area (Å²) in [6.45, 7) is 1.57. The fourth-order valence-corrected chi connectivity index (χ4v) is 1.73. The van der Waals surface area contributed by atoms with Crippen molar-refractivity contribution in [2.45, 2.75) is 38.4 Å². The number of rotatable bonds is 4. The molecule has 0 saturated heterocycles. The van der Waals surface area contributed by atoms with Crippen LogP contribution in [-0.2, 0) is 22.3 Å². The van der Waals surface area contributed by atoms with Crippen molar-refractivity contribution in [2.75, 3.05) is 6.61 Å². The van der Waals surface area contributed by atoms with Crippen LogP contribution in [0.1, 0.15) is 37.1 Å². The molecule has 0 N–H and O–H groups in total. The van der Waals surface area contributed by atoms with Gasteiger partial charge in [-0.15, -0.1) is 0 Å². The second-order valence-corrected chi connectivity index (χ2v) is 4.19. The van der Waals surface area contributed by atoms with Crippen molar-refractivity contribution in [2.24, 2.45) is 0 Å². The zero-order chi connectivity index (χ0) is 13.3. The number of aromatic nitrogens is 2. The molecule has 1 aromatic heterocycles. The first-order valence-corrected chi connectivity index (χ1v) is 5.72. The summed E-state index contributed by atoms with van der Waals surface area (Å²) in [5.74, 6) is -0.487. The van der Waals surface area contributed by atoms with Gasteiger partial charge in [-0.3, -0.25) is 9.48 Å². The van der Waals surface area contributed by atoms with Gasteiger partial charge in [0.1, 0.15) is 6.54 Å². The SMILES string of the molecule is CCOC(=O)Cn1nc(C(F)(F)F)cc1C1CC1. The number of carbonyl (C=O) groups excluding carboxylic acids is 1. The number of hydrogen-bond donors (Lipinski definition) is 0. The quantitative estimate of drug-likeness (QED) is 0.782. The van der Waals surface area contributed by atoms with Crippen molar-refractivity contribution in [3.63, 3.8) is 0 Å². The van der Waals surface area contributed by atoms with Crippen molar-refractivity contribution in [1.82, 2.24) is 9.78 Å². The molecule has 100 valence electrons. The molecule has 1 aliphatic rings. The Morgan fingerprint density at radius 1 is 1.56 bits per heavy atom. The van der Waals surface area contributed by atoms with Crippen LogP contribution >= 0.6 is 0 Å². The third-order valence-electron chi connectivity index (χ3n) is 2.68. The van der Waals surface area contributed by atoms with E-state index in [1.54, 1.807) is 6.92 Å². The fraction of sp³-hybridized carbons (Fsp3) is 0.636. The summed E-state index contributed by atoms with van der Waals surface area (Å²) in [7, 11) is 0. The number of esters is 1. The lowest BCUT2D eigenvalue weighted by atomic mass is 10.2. The van der Waals surface area contributed by atoms with Crippen LogP contribution in [0.5, 0.6) is 0 Å². The Balaban J connectivity index is 2.22. The first-order valence-electron chi connectivity index (χ1n) is 5.72. The molecule has 1 heterocycles. The van der Waals surface area contributed by atoms with Gasteiger partial charge < -0.3 is 4.74 Å². The molecule has 1 aliphatic carbocycles. The van der Waals surface area contributed by atoms with E-state index in [0.717, 1.165) is 23.6 Å². The Labute approximate surface area is 102 Å². The monoisotopic (exact) mass is 262 g/mol. The highest BCUT2D eigenvalue weighted by Crippen LogP contribution is 2.42. The molecule has 0 bridgehead atoms. The van der Waals surface area contributed by atoms with E-state index < -0.39 is 17.8 Å². The van der Waals surface area contributed by atoms with Gasteiger partial charge in [0.15, 0.2) is 5.69 Å². The third kappa shape index (κ3) is 2.83. The van der Waals surface area contributed by atoms with Crippen LogP contribution in [0.15, 0.2) is 6.07 Å². The summed E-state index contributed by atoms with van der Waals surface area (Å²) in [5, 5.41) is 3.46. The highest BCUT2D eigenvalue weighted by molar-refractivity contribution is 5.69. The molecule has 0 atom stereocenters. The Kier molecular flexibility index (Phi) is 3.32. The Morgan fingerprint density at radius 3 is 2.72 bits per heavy atom. The van der Waals surface area contributed by atoms with E-state index in [1.807, 2.05) is 0 Å². The molecule has 0 amide bonds.